The van der Waals surface area contributed by atoms with Gasteiger partial charge in [0.2, 0.25) is 0 Å². The van der Waals surface area contributed by atoms with E-state index < -0.39 is 18.3 Å². The lowest BCUT2D eigenvalue weighted by atomic mass is 10.0. The Labute approximate surface area is 120 Å². The molecule has 0 saturated heterocycles. The van der Waals surface area contributed by atoms with Crippen LogP contribution in [0.5, 0.6) is 0 Å². The number of hydrogen-bond acceptors (Lipinski definition) is 4. The van der Waals surface area contributed by atoms with Gasteiger partial charge < -0.3 is 20.9 Å². The monoisotopic (exact) mass is 280 g/mol. The van der Waals surface area contributed by atoms with Crippen LogP contribution in [-0.2, 0) is 11.2 Å². The van der Waals surface area contributed by atoms with E-state index in [0.717, 1.165) is 12.1 Å². The molecule has 0 fully saturated rings. The smallest absolute Gasteiger partial charge is 0.404 e. The summed E-state index contributed by atoms with van der Waals surface area (Å²) in [5, 5.41) is 13.3. The van der Waals surface area contributed by atoms with Crippen molar-refractivity contribution < 1.29 is 14.6 Å². The number of amides is 1. The van der Waals surface area contributed by atoms with Crippen molar-refractivity contribution in [1.29, 1.82) is 0 Å². The third-order valence-corrected chi connectivity index (χ3v) is 2.88. The molecule has 0 radical (unpaired) electrons. The minimum Gasteiger partial charge on any atom is -0.443 e. The number of nitrogens with one attached hydrogen (secondary N) is 1. The van der Waals surface area contributed by atoms with Gasteiger partial charge in [-0.15, -0.1) is 0 Å². The predicted molar refractivity (Wildman–Crippen MR) is 78.3 cm³/mol. The van der Waals surface area contributed by atoms with Gasteiger partial charge in [0.1, 0.15) is 12.2 Å². The minimum atomic E-state index is -0.867. The molecule has 20 heavy (non-hydrogen) atoms. The minimum absolute atomic E-state index is 0.364. The molecule has 1 rings (SSSR count). The lowest BCUT2D eigenvalue weighted by Crippen LogP contribution is -2.42. The number of aliphatic hydroxyl groups is 1. The second-order valence-electron chi connectivity index (χ2n) is 5.28. The molecular formula is C15H24N2O3. The molecule has 1 aromatic carbocycles. The van der Waals surface area contributed by atoms with Crippen LogP contribution in [0.1, 0.15) is 19.4 Å². The maximum absolute atomic E-state index is 11.0. The van der Waals surface area contributed by atoms with Crippen molar-refractivity contribution in [2.75, 3.05) is 13.1 Å². The Morgan fingerprint density at radius 3 is 2.50 bits per heavy atom. The topological polar surface area (TPSA) is 84.6 Å². The number of carbonyl (C=O) groups is 1. The van der Waals surface area contributed by atoms with Gasteiger partial charge >= 0.3 is 6.09 Å². The third kappa shape index (κ3) is 6.54. The molecule has 2 atom stereocenters. The molecule has 0 heterocycles. The van der Waals surface area contributed by atoms with E-state index in [1.807, 2.05) is 30.3 Å². The molecule has 112 valence electrons. The number of primary amides is 1. The van der Waals surface area contributed by atoms with Crippen LogP contribution in [0.15, 0.2) is 30.3 Å². The van der Waals surface area contributed by atoms with E-state index in [-0.39, 0.29) is 0 Å². The first-order valence-corrected chi connectivity index (χ1v) is 6.87. The van der Waals surface area contributed by atoms with E-state index in [4.69, 9.17) is 10.5 Å². The van der Waals surface area contributed by atoms with Crippen LogP contribution in [0, 0.1) is 5.92 Å². The summed E-state index contributed by atoms with van der Waals surface area (Å²) >= 11 is 0. The number of aliphatic hydroxyl groups excluding tert-OH is 1. The van der Waals surface area contributed by atoms with Crippen LogP contribution >= 0.6 is 0 Å². The summed E-state index contributed by atoms with van der Waals surface area (Å²) in [7, 11) is 0. The van der Waals surface area contributed by atoms with Crippen molar-refractivity contribution in [2.45, 2.75) is 32.5 Å². The second kappa shape index (κ2) is 8.55. The van der Waals surface area contributed by atoms with Crippen LogP contribution < -0.4 is 11.1 Å². The summed E-state index contributed by atoms with van der Waals surface area (Å²) in [6, 6.07) is 9.56. The van der Waals surface area contributed by atoms with Gasteiger partial charge in [-0.3, -0.25) is 0 Å². The van der Waals surface area contributed by atoms with Crippen LogP contribution in [0.25, 0.3) is 0 Å². The summed E-state index contributed by atoms with van der Waals surface area (Å²) in [5.74, 6) is 0.492. The highest BCUT2D eigenvalue weighted by atomic mass is 16.6. The van der Waals surface area contributed by atoms with Gasteiger partial charge in [-0.05, 0) is 18.0 Å². The zero-order valence-corrected chi connectivity index (χ0v) is 12.1. The van der Waals surface area contributed by atoms with Crippen LogP contribution in [0.3, 0.4) is 0 Å². The van der Waals surface area contributed by atoms with E-state index in [2.05, 4.69) is 19.2 Å². The van der Waals surface area contributed by atoms with Crippen LogP contribution in [0.4, 0.5) is 4.79 Å². The number of hydrogen-bond donors (Lipinski definition) is 3. The standard InChI is InChI=1S/C15H24N2O3/c1-11(2)9-17-10-13(18)14(20-15(16)19)8-12-6-4-3-5-7-12/h3-7,11,13-14,17-18H,8-10H2,1-2H3,(H2,16,19). The Bertz CT molecular complexity index is 395. The van der Waals surface area contributed by atoms with Crippen molar-refractivity contribution in [2.24, 2.45) is 11.7 Å². The molecule has 4 N–H and O–H groups in total. The maximum atomic E-state index is 11.0. The Hall–Kier alpha value is -1.59. The number of rotatable bonds is 8. The molecule has 0 bridgehead atoms. The van der Waals surface area contributed by atoms with Gasteiger partial charge in [0.25, 0.3) is 0 Å². The zero-order valence-electron chi connectivity index (χ0n) is 12.1. The van der Waals surface area contributed by atoms with Gasteiger partial charge in [0.15, 0.2) is 0 Å². The van der Waals surface area contributed by atoms with E-state index in [1.165, 1.54) is 0 Å². The fraction of sp³-hybridized carbons (Fsp3) is 0.533. The Morgan fingerprint density at radius 1 is 1.30 bits per heavy atom. The number of ether oxygens (including phenoxy) is 1. The molecule has 0 aromatic heterocycles. The number of nitrogens with two attached hydrogens (primary N) is 1. The van der Waals surface area contributed by atoms with E-state index in [1.54, 1.807) is 0 Å². The highest BCUT2D eigenvalue weighted by Gasteiger charge is 2.22. The lowest BCUT2D eigenvalue weighted by molar-refractivity contribution is 0.00722. The van der Waals surface area contributed by atoms with E-state index in [9.17, 15) is 9.90 Å². The fourth-order valence-corrected chi connectivity index (χ4v) is 1.90. The largest absolute Gasteiger partial charge is 0.443 e. The fourth-order valence-electron chi connectivity index (χ4n) is 1.90. The molecule has 1 amide bonds. The summed E-state index contributed by atoms with van der Waals surface area (Å²) in [6.45, 7) is 5.33. The molecule has 0 aliphatic heterocycles. The van der Waals surface area contributed by atoms with E-state index in [0.29, 0.717) is 18.9 Å². The molecule has 0 spiro atoms. The van der Waals surface area contributed by atoms with Gasteiger partial charge in [0, 0.05) is 13.0 Å². The van der Waals surface area contributed by atoms with E-state index >= 15 is 0 Å². The summed E-state index contributed by atoms with van der Waals surface area (Å²) in [4.78, 5) is 11.0. The Morgan fingerprint density at radius 2 is 1.95 bits per heavy atom. The lowest BCUT2D eigenvalue weighted by Gasteiger charge is -2.23. The molecule has 2 unspecified atom stereocenters. The van der Waals surface area contributed by atoms with Crippen molar-refractivity contribution in [1.82, 2.24) is 5.32 Å². The van der Waals surface area contributed by atoms with Gasteiger partial charge in [-0.25, -0.2) is 4.79 Å². The SMILES string of the molecule is CC(C)CNCC(O)C(Cc1ccccc1)OC(N)=O. The number of carbonyl (C=O) groups excluding carboxylic acids is 1. The first kappa shape index (κ1) is 16.5. The molecule has 0 saturated carbocycles. The van der Waals surface area contributed by atoms with Crippen molar-refractivity contribution in [3.63, 3.8) is 0 Å². The van der Waals surface area contributed by atoms with Gasteiger partial charge in [-0.2, -0.15) is 0 Å². The molecule has 1 aromatic rings. The van der Waals surface area contributed by atoms with Crippen molar-refractivity contribution in [3.05, 3.63) is 35.9 Å². The Balaban J connectivity index is 2.56. The molecule has 0 aliphatic carbocycles. The third-order valence-electron chi connectivity index (χ3n) is 2.88. The Kier molecular flexibility index (Phi) is 7.04. The average molecular weight is 280 g/mol. The first-order valence-electron chi connectivity index (χ1n) is 6.87. The van der Waals surface area contributed by atoms with Crippen molar-refractivity contribution in [3.8, 4) is 0 Å². The molecule has 0 aliphatic rings. The highest BCUT2D eigenvalue weighted by Crippen LogP contribution is 2.09. The highest BCUT2D eigenvalue weighted by molar-refractivity contribution is 5.64. The molecule has 5 nitrogen and oxygen atoms in total. The first-order chi connectivity index (χ1) is 9.49. The average Bonchev–Trinajstić information content (AvgIpc) is 2.38. The van der Waals surface area contributed by atoms with Gasteiger partial charge in [0.05, 0.1) is 0 Å². The predicted octanol–water partition coefficient (Wildman–Crippen LogP) is 1.30. The number of benzene rings is 1. The zero-order chi connectivity index (χ0) is 15.0. The summed E-state index contributed by atoms with van der Waals surface area (Å²) in [6.07, 6.45) is -1.86. The normalized spacial score (nSPS) is 14.0. The van der Waals surface area contributed by atoms with Crippen LogP contribution in [0.2, 0.25) is 0 Å². The molecular weight excluding hydrogens is 256 g/mol. The van der Waals surface area contributed by atoms with Gasteiger partial charge in [-0.1, -0.05) is 44.2 Å². The summed E-state index contributed by atoms with van der Waals surface area (Å²) in [5.41, 5.74) is 6.06. The van der Waals surface area contributed by atoms with Crippen LogP contribution in [-0.4, -0.2) is 36.5 Å². The van der Waals surface area contributed by atoms with Crippen molar-refractivity contribution >= 4 is 6.09 Å². The maximum Gasteiger partial charge on any atom is 0.404 e. The second-order valence-corrected chi connectivity index (χ2v) is 5.28. The summed E-state index contributed by atoms with van der Waals surface area (Å²) < 4.78 is 5.02. The quantitative estimate of drug-likeness (QED) is 0.670. The molecule has 5 heteroatoms.